The van der Waals surface area contributed by atoms with Gasteiger partial charge in [-0.1, -0.05) is 13.8 Å². The van der Waals surface area contributed by atoms with Gasteiger partial charge < -0.3 is 9.84 Å². The van der Waals surface area contributed by atoms with Crippen molar-refractivity contribution in [3.8, 4) is 0 Å². The maximum absolute atomic E-state index is 9.30. The first-order chi connectivity index (χ1) is 6.33. The molecule has 13 heavy (non-hydrogen) atoms. The van der Waals surface area contributed by atoms with Crippen molar-refractivity contribution in [3.05, 3.63) is 0 Å². The molecule has 0 spiro atoms. The summed E-state index contributed by atoms with van der Waals surface area (Å²) in [6, 6.07) is 0. The van der Waals surface area contributed by atoms with Gasteiger partial charge in [0, 0.05) is 20.2 Å². The molecule has 0 aromatic carbocycles. The summed E-state index contributed by atoms with van der Waals surface area (Å²) in [5.41, 5.74) is 0. The maximum Gasteiger partial charge on any atom is 0.0667 e. The molecule has 1 saturated heterocycles. The highest BCUT2D eigenvalue weighted by Crippen LogP contribution is 2.08. The lowest BCUT2D eigenvalue weighted by atomic mass is 10.1. The summed E-state index contributed by atoms with van der Waals surface area (Å²) < 4.78 is 4.96. The molecule has 3 heteroatoms. The molecule has 0 aromatic rings. The molecule has 0 saturated carbocycles. The first-order valence-electron chi connectivity index (χ1n) is 5.22. The van der Waals surface area contributed by atoms with Crippen LogP contribution in [0.2, 0.25) is 0 Å². The molecule has 1 aliphatic heterocycles. The van der Waals surface area contributed by atoms with Crippen LogP contribution in [-0.4, -0.2) is 49.5 Å². The van der Waals surface area contributed by atoms with Gasteiger partial charge in [-0.05, 0) is 19.4 Å². The average molecular weight is 189 g/mol. The molecule has 0 aliphatic carbocycles. The Labute approximate surface area is 81.7 Å². The molecule has 80 valence electrons. The fourth-order valence-electron chi connectivity index (χ4n) is 1.45. The van der Waals surface area contributed by atoms with Gasteiger partial charge in [0.25, 0.3) is 0 Å². The van der Waals surface area contributed by atoms with Crippen LogP contribution in [0.4, 0.5) is 0 Å². The van der Waals surface area contributed by atoms with Gasteiger partial charge in [-0.15, -0.1) is 0 Å². The smallest absolute Gasteiger partial charge is 0.0667 e. The molecule has 0 radical (unpaired) electrons. The summed E-state index contributed by atoms with van der Waals surface area (Å²) in [6.45, 7) is 7.66. The Hall–Kier alpha value is -0.120. The molecular weight excluding hydrogens is 166 g/mol. The van der Waals surface area contributed by atoms with E-state index >= 15 is 0 Å². The lowest BCUT2D eigenvalue weighted by Crippen LogP contribution is -2.39. The SMILES string of the molecule is CC.COCCN1CCCC(O)C1. The Morgan fingerprint density at radius 3 is 2.69 bits per heavy atom. The Morgan fingerprint density at radius 2 is 2.15 bits per heavy atom. The lowest BCUT2D eigenvalue weighted by molar-refractivity contribution is 0.0546. The van der Waals surface area contributed by atoms with Gasteiger partial charge in [-0.3, -0.25) is 4.90 Å². The predicted molar refractivity (Wildman–Crippen MR) is 54.9 cm³/mol. The van der Waals surface area contributed by atoms with Crippen molar-refractivity contribution in [1.82, 2.24) is 4.90 Å². The van der Waals surface area contributed by atoms with Gasteiger partial charge in [0.2, 0.25) is 0 Å². The third-order valence-corrected chi connectivity index (χ3v) is 2.09. The van der Waals surface area contributed by atoms with Crippen LogP contribution in [0.3, 0.4) is 0 Å². The van der Waals surface area contributed by atoms with Crippen molar-refractivity contribution in [2.45, 2.75) is 32.8 Å². The molecule has 1 fully saturated rings. The van der Waals surface area contributed by atoms with E-state index in [0.717, 1.165) is 39.1 Å². The number of rotatable bonds is 3. The van der Waals surface area contributed by atoms with Crippen LogP contribution in [0.25, 0.3) is 0 Å². The number of methoxy groups -OCH3 is 1. The number of β-amino-alcohol motifs (C(OH)–C–C–N with tert-alkyl or cyclic N) is 1. The minimum Gasteiger partial charge on any atom is -0.392 e. The predicted octanol–water partition coefficient (Wildman–Crippen LogP) is 1.12. The van der Waals surface area contributed by atoms with E-state index in [0.29, 0.717) is 0 Å². The fourth-order valence-corrected chi connectivity index (χ4v) is 1.45. The minimum absolute atomic E-state index is 0.111. The zero-order chi connectivity index (χ0) is 10.1. The topological polar surface area (TPSA) is 32.7 Å². The van der Waals surface area contributed by atoms with Gasteiger partial charge in [-0.2, -0.15) is 0 Å². The number of nitrogens with zero attached hydrogens (tertiary/aromatic N) is 1. The third-order valence-electron chi connectivity index (χ3n) is 2.09. The van der Waals surface area contributed by atoms with E-state index in [1.54, 1.807) is 7.11 Å². The van der Waals surface area contributed by atoms with E-state index in [4.69, 9.17) is 4.74 Å². The molecule has 1 atom stereocenters. The summed E-state index contributed by atoms with van der Waals surface area (Å²) in [6.07, 6.45) is 1.97. The second-order valence-corrected chi connectivity index (χ2v) is 3.09. The Balaban J connectivity index is 0.000000671. The van der Waals surface area contributed by atoms with E-state index in [1.165, 1.54) is 0 Å². The Morgan fingerprint density at radius 1 is 1.46 bits per heavy atom. The van der Waals surface area contributed by atoms with E-state index in [-0.39, 0.29) is 6.10 Å². The Bertz CT molecular complexity index is 109. The van der Waals surface area contributed by atoms with Crippen LogP contribution in [0.1, 0.15) is 26.7 Å². The summed E-state index contributed by atoms with van der Waals surface area (Å²) in [7, 11) is 1.71. The van der Waals surface area contributed by atoms with Gasteiger partial charge in [0.15, 0.2) is 0 Å². The average Bonchev–Trinajstić information content (AvgIpc) is 2.18. The van der Waals surface area contributed by atoms with E-state index < -0.39 is 0 Å². The Kier molecular flexibility index (Phi) is 8.40. The first kappa shape index (κ1) is 12.9. The highest BCUT2D eigenvalue weighted by Gasteiger charge is 2.16. The van der Waals surface area contributed by atoms with Gasteiger partial charge >= 0.3 is 0 Å². The van der Waals surface area contributed by atoms with Crippen molar-refractivity contribution in [3.63, 3.8) is 0 Å². The van der Waals surface area contributed by atoms with Gasteiger partial charge in [0.05, 0.1) is 12.7 Å². The van der Waals surface area contributed by atoms with Crippen LogP contribution >= 0.6 is 0 Å². The molecule has 1 N–H and O–H groups in total. The normalized spacial score (nSPS) is 23.5. The van der Waals surface area contributed by atoms with Crippen LogP contribution in [-0.2, 0) is 4.74 Å². The van der Waals surface area contributed by atoms with Gasteiger partial charge in [0.1, 0.15) is 0 Å². The number of piperidine rings is 1. The highest BCUT2D eigenvalue weighted by molar-refractivity contribution is 4.70. The van der Waals surface area contributed by atoms with Gasteiger partial charge in [-0.25, -0.2) is 0 Å². The van der Waals surface area contributed by atoms with Crippen LogP contribution in [0.15, 0.2) is 0 Å². The van der Waals surface area contributed by atoms with E-state index in [9.17, 15) is 5.11 Å². The van der Waals surface area contributed by atoms with Crippen LogP contribution < -0.4 is 0 Å². The third kappa shape index (κ3) is 6.02. The van der Waals surface area contributed by atoms with Crippen molar-refractivity contribution < 1.29 is 9.84 Å². The molecule has 1 rings (SSSR count). The highest BCUT2D eigenvalue weighted by atomic mass is 16.5. The lowest BCUT2D eigenvalue weighted by Gasteiger charge is -2.29. The minimum atomic E-state index is -0.111. The maximum atomic E-state index is 9.30. The second-order valence-electron chi connectivity index (χ2n) is 3.09. The van der Waals surface area contributed by atoms with E-state index in [1.807, 2.05) is 13.8 Å². The number of hydrogen-bond acceptors (Lipinski definition) is 3. The summed E-state index contributed by atoms with van der Waals surface area (Å²) >= 11 is 0. The monoisotopic (exact) mass is 189 g/mol. The molecule has 1 aliphatic rings. The zero-order valence-electron chi connectivity index (χ0n) is 9.12. The largest absolute Gasteiger partial charge is 0.392 e. The summed E-state index contributed by atoms with van der Waals surface area (Å²) in [5, 5.41) is 9.30. The number of ether oxygens (including phenoxy) is 1. The molecule has 0 bridgehead atoms. The number of aliphatic hydroxyl groups excluding tert-OH is 1. The number of likely N-dealkylation sites (tertiary alicyclic amines) is 1. The molecular formula is C10H23NO2. The molecule has 1 unspecified atom stereocenters. The van der Waals surface area contributed by atoms with Crippen molar-refractivity contribution in [2.24, 2.45) is 0 Å². The number of aliphatic hydroxyl groups is 1. The first-order valence-corrected chi connectivity index (χ1v) is 5.22. The summed E-state index contributed by atoms with van der Waals surface area (Å²) in [5.74, 6) is 0. The van der Waals surface area contributed by atoms with Crippen molar-refractivity contribution >= 4 is 0 Å². The molecule has 3 nitrogen and oxygen atoms in total. The van der Waals surface area contributed by atoms with Crippen molar-refractivity contribution in [1.29, 1.82) is 0 Å². The zero-order valence-corrected chi connectivity index (χ0v) is 9.12. The van der Waals surface area contributed by atoms with Crippen LogP contribution in [0, 0.1) is 0 Å². The number of hydrogen-bond donors (Lipinski definition) is 1. The fraction of sp³-hybridized carbons (Fsp3) is 1.00. The molecule has 0 amide bonds. The molecule has 0 aromatic heterocycles. The molecule has 1 heterocycles. The van der Waals surface area contributed by atoms with E-state index in [2.05, 4.69) is 4.90 Å². The van der Waals surface area contributed by atoms with Crippen LogP contribution in [0.5, 0.6) is 0 Å². The van der Waals surface area contributed by atoms with Crippen molar-refractivity contribution in [2.75, 3.05) is 33.4 Å². The quantitative estimate of drug-likeness (QED) is 0.722. The standard InChI is InChI=1S/C8H17NO2.C2H6/c1-11-6-5-9-4-2-3-8(10)7-9;1-2/h8,10H,2-7H2,1H3;1-2H3. The summed E-state index contributed by atoms with van der Waals surface area (Å²) in [4.78, 5) is 2.25. The second kappa shape index (κ2) is 8.48.